The van der Waals surface area contributed by atoms with Crippen LogP contribution < -0.4 is 21.3 Å². The predicted molar refractivity (Wildman–Crippen MR) is 147 cm³/mol. The molecule has 3 heterocycles. The minimum atomic E-state index is -1.42. The molecule has 1 aromatic carbocycles. The molecule has 1 aliphatic heterocycles. The van der Waals surface area contributed by atoms with E-state index < -0.39 is 6.10 Å². The van der Waals surface area contributed by atoms with Crippen molar-refractivity contribution < 1.29 is 19.4 Å². The summed E-state index contributed by atoms with van der Waals surface area (Å²) in [7, 11) is 3.09. The topological polar surface area (TPSA) is 129 Å². The molecule has 0 amide bonds. The molecule has 0 fully saturated rings. The molecule has 0 bridgehead atoms. The van der Waals surface area contributed by atoms with Crippen LogP contribution in [0.3, 0.4) is 0 Å². The molecule has 1 aliphatic rings. The first-order valence-corrected chi connectivity index (χ1v) is 12.8. The molecule has 1 atom stereocenters. The normalized spacial score (nSPS) is 12.0. The van der Waals surface area contributed by atoms with E-state index in [2.05, 4.69) is 5.32 Å². The average molecular weight is 513 g/mol. The fraction of sp³-hybridized carbons (Fsp3) is 0.464. The van der Waals surface area contributed by atoms with Crippen LogP contribution in [0.25, 0.3) is 22.3 Å². The number of nitrogens with two attached hydrogens (primary N) is 1. The van der Waals surface area contributed by atoms with Crippen LogP contribution in [0.2, 0.25) is 0 Å². The summed E-state index contributed by atoms with van der Waals surface area (Å²) in [6, 6.07) is 7.36. The molecule has 9 nitrogen and oxygen atoms in total. The van der Waals surface area contributed by atoms with Crippen LogP contribution in [0.5, 0.6) is 5.75 Å². The first-order chi connectivity index (χ1) is 18.0. The Hall–Kier alpha value is -3.11. The van der Waals surface area contributed by atoms with Crippen molar-refractivity contribution in [3.63, 3.8) is 0 Å². The molecule has 4 rings (SSSR count). The number of pyridine rings is 2. The zero-order chi connectivity index (χ0) is 27.5. The second kappa shape index (κ2) is 14.6. The van der Waals surface area contributed by atoms with Crippen LogP contribution in [0.1, 0.15) is 62.5 Å². The monoisotopic (exact) mass is 512 g/mol. The molecular formula is C28H40N4O5. The standard InChI is InChI=1S/C24H28N4O5.2C2H6/c1-32-13-19-16(22(30)12-29)9-21-23-18(11-28(21)24(19)31)17(10-26-7-3-6-25)15-8-14(33-2)4-5-20(15)27-23;2*1-2/h4-5,8-9,12,22,26,30H,3,6-7,10-11,13,25H2,1-2H3;2*1-2H3. The zero-order valence-electron chi connectivity index (χ0n) is 22.8. The molecule has 37 heavy (non-hydrogen) atoms. The lowest BCUT2D eigenvalue weighted by molar-refractivity contribution is -0.115. The smallest absolute Gasteiger partial charge is 0.257 e. The highest BCUT2D eigenvalue weighted by Gasteiger charge is 2.29. The van der Waals surface area contributed by atoms with Gasteiger partial charge in [-0.2, -0.15) is 0 Å². The highest BCUT2D eigenvalue weighted by atomic mass is 16.5. The summed E-state index contributed by atoms with van der Waals surface area (Å²) in [5.41, 5.74) is 9.81. The molecule has 9 heteroatoms. The summed E-state index contributed by atoms with van der Waals surface area (Å²) >= 11 is 0. The van der Waals surface area contributed by atoms with Crippen LogP contribution >= 0.6 is 0 Å². The van der Waals surface area contributed by atoms with Gasteiger partial charge in [-0.3, -0.25) is 4.79 Å². The van der Waals surface area contributed by atoms with Crippen LogP contribution in [0, 0.1) is 0 Å². The van der Waals surface area contributed by atoms with Crippen molar-refractivity contribution in [1.82, 2.24) is 14.9 Å². The number of nitrogens with one attached hydrogen (secondary N) is 1. The van der Waals surface area contributed by atoms with Crippen molar-refractivity contribution >= 4 is 17.2 Å². The van der Waals surface area contributed by atoms with E-state index in [-0.39, 0.29) is 23.3 Å². The second-order valence-electron chi connectivity index (χ2n) is 7.99. The second-order valence-corrected chi connectivity index (χ2v) is 7.99. The summed E-state index contributed by atoms with van der Waals surface area (Å²) in [5.74, 6) is 0.721. The largest absolute Gasteiger partial charge is 0.497 e. The van der Waals surface area contributed by atoms with Gasteiger partial charge in [0.25, 0.3) is 5.56 Å². The number of rotatable bonds is 10. The number of benzene rings is 1. The number of hydrogen-bond acceptors (Lipinski definition) is 8. The molecule has 0 aliphatic carbocycles. The Morgan fingerprint density at radius 2 is 1.92 bits per heavy atom. The third-order valence-electron chi connectivity index (χ3n) is 6.00. The van der Waals surface area contributed by atoms with E-state index in [0.717, 1.165) is 40.7 Å². The molecule has 0 saturated carbocycles. The van der Waals surface area contributed by atoms with Crippen LogP contribution in [0.15, 0.2) is 29.1 Å². The molecule has 2 aromatic heterocycles. The van der Waals surface area contributed by atoms with Gasteiger partial charge in [-0.1, -0.05) is 27.7 Å². The number of methoxy groups -OCH3 is 2. The maximum atomic E-state index is 13.3. The van der Waals surface area contributed by atoms with Gasteiger partial charge in [-0.25, -0.2) is 4.98 Å². The van der Waals surface area contributed by atoms with Crippen molar-refractivity contribution in [2.24, 2.45) is 5.73 Å². The molecule has 202 valence electrons. The number of nitrogens with zero attached hydrogens (tertiary/aromatic N) is 2. The number of hydrogen-bond donors (Lipinski definition) is 3. The maximum absolute atomic E-state index is 13.3. The zero-order valence-corrected chi connectivity index (χ0v) is 22.8. The lowest BCUT2D eigenvalue weighted by Gasteiger charge is -2.14. The van der Waals surface area contributed by atoms with Gasteiger partial charge >= 0.3 is 0 Å². The molecule has 0 saturated heterocycles. The SMILES string of the molecule is CC.CC.COCc1c(C(O)C=O)cc2n(c1=O)Cc1c-2nc2ccc(OC)cc2c1CNCCCN. The lowest BCUT2D eigenvalue weighted by Crippen LogP contribution is -2.26. The van der Waals surface area contributed by atoms with E-state index in [4.69, 9.17) is 20.2 Å². The van der Waals surface area contributed by atoms with E-state index in [1.165, 1.54) is 7.11 Å². The minimum absolute atomic E-state index is 0.00417. The van der Waals surface area contributed by atoms with Crippen molar-refractivity contribution in [2.45, 2.75) is 59.9 Å². The average Bonchev–Trinajstić information content (AvgIpc) is 3.32. The summed E-state index contributed by atoms with van der Waals surface area (Å²) < 4.78 is 12.2. The number of aromatic nitrogens is 2. The minimum Gasteiger partial charge on any atom is -0.497 e. The van der Waals surface area contributed by atoms with Crippen molar-refractivity contribution in [3.05, 3.63) is 56.9 Å². The Bertz CT molecular complexity index is 1260. The van der Waals surface area contributed by atoms with Crippen molar-refractivity contribution in [1.29, 1.82) is 0 Å². The summed E-state index contributed by atoms with van der Waals surface area (Å²) in [6.45, 7) is 10.3. The first-order valence-electron chi connectivity index (χ1n) is 12.8. The quantitative estimate of drug-likeness (QED) is 0.218. The number of aliphatic hydroxyl groups is 1. The first kappa shape index (κ1) is 30.1. The van der Waals surface area contributed by atoms with Gasteiger partial charge in [0.15, 0.2) is 6.29 Å². The van der Waals surface area contributed by atoms with Crippen molar-refractivity contribution in [3.8, 4) is 17.1 Å². The molecule has 0 radical (unpaired) electrons. The van der Waals surface area contributed by atoms with Gasteiger partial charge < -0.3 is 35.0 Å². The highest BCUT2D eigenvalue weighted by Crippen LogP contribution is 2.37. The molecule has 3 aromatic rings. The Labute approximate surface area is 218 Å². The highest BCUT2D eigenvalue weighted by molar-refractivity contribution is 5.89. The molecule has 0 spiro atoms. The predicted octanol–water partition coefficient (Wildman–Crippen LogP) is 3.30. The van der Waals surface area contributed by atoms with Gasteiger partial charge in [0.1, 0.15) is 11.9 Å². The third-order valence-corrected chi connectivity index (χ3v) is 6.00. The molecule has 1 unspecified atom stereocenters. The number of aliphatic hydroxyl groups excluding tert-OH is 1. The van der Waals surface area contributed by atoms with E-state index in [1.807, 2.05) is 45.9 Å². The van der Waals surface area contributed by atoms with E-state index >= 15 is 0 Å². The summed E-state index contributed by atoms with van der Waals surface area (Å²) in [6.07, 6.45) is -0.158. The Morgan fingerprint density at radius 3 is 2.54 bits per heavy atom. The maximum Gasteiger partial charge on any atom is 0.257 e. The fourth-order valence-electron chi connectivity index (χ4n) is 4.35. The third kappa shape index (κ3) is 6.24. The Balaban J connectivity index is 0.00000115. The van der Waals surface area contributed by atoms with Gasteiger partial charge in [0.2, 0.25) is 0 Å². The summed E-state index contributed by atoms with van der Waals surface area (Å²) in [5, 5.41) is 14.6. The summed E-state index contributed by atoms with van der Waals surface area (Å²) in [4.78, 5) is 29.5. The fourth-order valence-corrected chi connectivity index (χ4v) is 4.35. The van der Waals surface area contributed by atoms with E-state index in [1.54, 1.807) is 17.7 Å². The van der Waals surface area contributed by atoms with Crippen LogP contribution in [-0.2, 0) is 29.2 Å². The Kier molecular flexibility index (Phi) is 11.9. The van der Waals surface area contributed by atoms with Gasteiger partial charge in [-0.15, -0.1) is 0 Å². The van der Waals surface area contributed by atoms with Gasteiger partial charge in [0.05, 0.1) is 37.2 Å². The molecule has 4 N–H and O–H groups in total. The van der Waals surface area contributed by atoms with Crippen molar-refractivity contribution in [2.75, 3.05) is 27.3 Å². The Morgan fingerprint density at radius 1 is 1.19 bits per heavy atom. The number of carbonyl (C=O) groups excluding carboxylic acids is 1. The molecular weight excluding hydrogens is 472 g/mol. The number of ether oxygens (including phenoxy) is 2. The number of aldehydes is 1. The van der Waals surface area contributed by atoms with Crippen LogP contribution in [0.4, 0.5) is 0 Å². The lowest BCUT2D eigenvalue weighted by atomic mass is 9.99. The van der Waals surface area contributed by atoms with E-state index in [9.17, 15) is 14.7 Å². The number of fused-ring (bicyclic) bond motifs is 4. The van der Waals surface area contributed by atoms with E-state index in [0.29, 0.717) is 37.3 Å². The van der Waals surface area contributed by atoms with Gasteiger partial charge in [-0.05, 0) is 49.3 Å². The van der Waals surface area contributed by atoms with Crippen LogP contribution in [-0.4, -0.2) is 48.3 Å². The van der Waals surface area contributed by atoms with Gasteiger partial charge in [0, 0.05) is 35.7 Å². The number of carbonyl (C=O) groups is 1.